The Bertz CT molecular complexity index is 1290. The van der Waals surface area contributed by atoms with Crippen LogP contribution in [0.1, 0.15) is 380 Å². The number of allylic oxidation sites excluding steroid dienone is 2. The Labute approximate surface area is 494 Å². The van der Waals surface area contributed by atoms with Crippen LogP contribution in [-0.4, -0.2) is 73.4 Å². The first kappa shape index (κ1) is 78.2. The lowest BCUT2D eigenvalue weighted by Gasteiger charge is -2.26. The number of aliphatic hydroxyl groups excluding tert-OH is 1. The number of carbonyl (C=O) groups excluding carboxylic acids is 1. The zero-order valence-electron chi connectivity index (χ0n) is 54.2. The standard InChI is InChI=1S/C70H141N2O6P/c1-6-8-10-12-14-16-18-20-22-24-25-26-27-28-29-30-31-32-33-34-35-36-37-38-39-40-41-42-43-44-45-46-47-48-50-52-54-56-58-60-62-64-70(74)71-68(67-78-79(75,76)77-66-65-72(3,4)5)69(73)63-61-59-57-55-53-51-49-23-21-19-17-15-13-11-9-7-2/h24-25,68-69,73H,6-23,26-67H2,1-5H3,(H-,71,74,75,76)/p+1/b25-24-. The van der Waals surface area contributed by atoms with Gasteiger partial charge in [-0.2, -0.15) is 0 Å². The summed E-state index contributed by atoms with van der Waals surface area (Å²) in [5, 5.41) is 14.1. The monoisotopic (exact) mass is 1140 g/mol. The van der Waals surface area contributed by atoms with Crippen molar-refractivity contribution in [2.45, 2.75) is 392 Å². The Morgan fingerprint density at radius 2 is 0.684 bits per heavy atom. The highest BCUT2D eigenvalue weighted by Crippen LogP contribution is 2.43. The van der Waals surface area contributed by atoms with Gasteiger partial charge in [0, 0.05) is 6.42 Å². The Kier molecular flexibility index (Phi) is 61.2. The van der Waals surface area contributed by atoms with Crippen molar-refractivity contribution >= 4 is 13.7 Å². The molecule has 0 radical (unpaired) electrons. The van der Waals surface area contributed by atoms with Gasteiger partial charge in [0.25, 0.3) is 0 Å². The van der Waals surface area contributed by atoms with Crippen molar-refractivity contribution in [1.82, 2.24) is 5.32 Å². The predicted molar refractivity (Wildman–Crippen MR) is 346 cm³/mol. The molecule has 79 heavy (non-hydrogen) atoms. The van der Waals surface area contributed by atoms with Crippen LogP contribution in [0, 0.1) is 0 Å². The molecule has 3 atom stereocenters. The first-order valence-corrected chi connectivity index (χ1v) is 37.0. The van der Waals surface area contributed by atoms with Crippen molar-refractivity contribution in [3.63, 3.8) is 0 Å². The van der Waals surface area contributed by atoms with E-state index in [1.54, 1.807) is 0 Å². The van der Waals surface area contributed by atoms with Crippen LogP contribution in [0.3, 0.4) is 0 Å². The molecule has 3 unspecified atom stereocenters. The number of nitrogens with one attached hydrogen (secondary N) is 1. The van der Waals surface area contributed by atoms with E-state index in [1.165, 1.54) is 315 Å². The molecule has 0 heterocycles. The molecule has 0 aromatic rings. The van der Waals surface area contributed by atoms with Gasteiger partial charge < -0.3 is 19.8 Å². The maximum atomic E-state index is 13.0. The molecule has 0 aliphatic rings. The number of unbranched alkanes of at least 4 members (excludes halogenated alkanes) is 52. The van der Waals surface area contributed by atoms with E-state index >= 15 is 0 Å². The molecule has 0 spiro atoms. The fourth-order valence-corrected chi connectivity index (χ4v) is 12.0. The number of carbonyl (C=O) groups is 1. The lowest BCUT2D eigenvalue weighted by atomic mass is 10.0. The third kappa shape index (κ3) is 64.7. The topological polar surface area (TPSA) is 105 Å². The third-order valence-corrected chi connectivity index (χ3v) is 17.7. The predicted octanol–water partition coefficient (Wildman–Crippen LogP) is 22.5. The average Bonchev–Trinajstić information content (AvgIpc) is 3.42. The molecule has 1 amide bonds. The number of quaternary nitrogens is 1. The second-order valence-corrected chi connectivity index (χ2v) is 27.4. The number of phosphoric acid groups is 1. The van der Waals surface area contributed by atoms with Crippen LogP contribution < -0.4 is 5.32 Å². The van der Waals surface area contributed by atoms with Crippen LogP contribution in [0.4, 0.5) is 0 Å². The number of amides is 1. The minimum absolute atomic E-state index is 0.0786. The minimum atomic E-state index is -4.32. The van der Waals surface area contributed by atoms with Crippen molar-refractivity contribution in [3.8, 4) is 0 Å². The van der Waals surface area contributed by atoms with E-state index in [1.807, 2.05) is 21.1 Å². The lowest BCUT2D eigenvalue weighted by Crippen LogP contribution is -2.46. The van der Waals surface area contributed by atoms with Crippen molar-refractivity contribution in [3.05, 3.63) is 12.2 Å². The lowest BCUT2D eigenvalue weighted by molar-refractivity contribution is -0.870. The van der Waals surface area contributed by atoms with Gasteiger partial charge in [-0.05, 0) is 38.5 Å². The molecule has 0 rings (SSSR count). The number of likely N-dealkylation sites (N-methyl/N-ethyl adjacent to an activating group) is 1. The van der Waals surface area contributed by atoms with Gasteiger partial charge in [0.1, 0.15) is 13.2 Å². The maximum absolute atomic E-state index is 13.0. The highest BCUT2D eigenvalue weighted by atomic mass is 31.2. The van der Waals surface area contributed by atoms with Gasteiger partial charge in [-0.1, -0.05) is 347 Å². The molecular weight excluding hydrogens is 996 g/mol. The molecule has 3 N–H and O–H groups in total. The maximum Gasteiger partial charge on any atom is 0.472 e. The molecule has 0 saturated carbocycles. The van der Waals surface area contributed by atoms with Crippen molar-refractivity contribution in [2.75, 3.05) is 40.9 Å². The van der Waals surface area contributed by atoms with Gasteiger partial charge in [0.2, 0.25) is 5.91 Å². The van der Waals surface area contributed by atoms with Crippen LogP contribution in [0.2, 0.25) is 0 Å². The Balaban J connectivity index is 3.81. The van der Waals surface area contributed by atoms with E-state index in [4.69, 9.17) is 9.05 Å². The number of rotatable bonds is 67. The fraction of sp³-hybridized carbons (Fsp3) is 0.957. The highest BCUT2D eigenvalue weighted by molar-refractivity contribution is 7.47. The van der Waals surface area contributed by atoms with E-state index in [0.29, 0.717) is 23.9 Å². The van der Waals surface area contributed by atoms with Crippen LogP contribution in [0.5, 0.6) is 0 Å². The van der Waals surface area contributed by atoms with Crippen LogP contribution >= 0.6 is 7.82 Å². The summed E-state index contributed by atoms with van der Waals surface area (Å²) in [5.41, 5.74) is 0. The van der Waals surface area contributed by atoms with Crippen molar-refractivity contribution in [2.24, 2.45) is 0 Å². The van der Waals surface area contributed by atoms with Crippen molar-refractivity contribution in [1.29, 1.82) is 0 Å². The van der Waals surface area contributed by atoms with Gasteiger partial charge >= 0.3 is 7.82 Å². The summed E-state index contributed by atoms with van der Waals surface area (Å²) < 4.78 is 23.8. The largest absolute Gasteiger partial charge is 0.472 e. The van der Waals surface area contributed by atoms with Crippen LogP contribution in [0.25, 0.3) is 0 Å². The third-order valence-electron chi connectivity index (χ3n) is 16.8. The molecule has 0 aromatic heterocycles. The molecular formula is C70H142N2O6P+. The van der Waals surface area contributed by atoms with Gasteiger partial charge in [0.05, 0.1) is 39.9 Å². The van der Waals surface area contributed by atoms with Crippen LogP contribution in [0.15, 0.2) is 12.2 Å². The summed E-state index contributed by atoms with van der Waals surface area (Å²) in [4.78, 5) is 23.4. The van der Waals surface area contributed by atoms with Crippen LogP contribution in [-0.2, 0) is 18.4 Å². The second-order valence-electron chi connectivity index (χ2n) is 26.0. The molecule has 0 bridgehead atoms. The summed E-state index contributed by atoms with van der Waals surface area (Å²) in [7, 11) is 1.64. The van der Waals surface area contributed by atoms with E-state index < -0.39 is 20.0 Å². The second kappa shape index (κ2) is 61.8. The summed E-state index contributed by atoms with van der Waals surface area (Å²) in [6.45, 7) is 4.94. The number of hydrogen-bond donors (Lipinski definition) is 3. The molecule has 0 fully saturated rings. The zero-order chi connectivity index (χ0) is 57.7. The average molecular weight is 1140 g/mol. The normalized spacial score (nSPS) is 13.7. The molecule has 8 nitrogen and oxygen atoms in total. The number of aliphatic hydroxyl groups is 1. The molecule has 0 saturated heterocycles. The number of hydrogen-bond acceptors (Lipinski definition) is 5. The quantitative estimate of drug-likeness (QED) is 0.0243. The number of phosphoric ester groups is 1. The summed E-state index contributed by atoms with van der Waals surface area (Å²) in [5.74, 6) is -0.135. The first-order valence-electron chi connectivity index (χ1n) is 35.6. The Morgan fingerprint density at radius 1 is 0.418 bits per heavy atom. The van der Waals surface area contributed by atoms with Gasteiger partial charge in [-0.15, -0.1) is 0 Å². The summed E-state index contributed by atoms with van der Waals surface area (Å²) in [6, 6.07) is -0.756. The fourth-order valence-electron chi connectivity index (χ4n) is 11.2. The van der Waals surface area contributed by atoms with E-state index in [0.717, 1.165) is 38.5 Å². The van der Waals surface area contributed by atoms with Gasteiger partial charge in [0.15, 0.2) is 0 Å². The number of nitrogens with zero attached hydrogens (tertiary/aromatic N) is 1. The summed E-state index contributed by atoms with van der Waals surface area (Å²) in [6.07, 6.45) is 79.1. The molecule has 0 aliphatic heterocycles. The SMILES string of the molecule is CCCCCCCCCC/C=C\CCCCCCCCCCCCCCCCCCCCCCCCCCCCCCCC(=O)NC(COP(=O)(O)OCC[N+](C)(C)C)C(O)CCCCCCCCCCCCCCCCCC. The van der Waals surface area contributed by atoms with Crippen molar-refractivity contribution < 1.29 is 32.9 Å². The summed E-state index contributed by atoms with van der Waals surface area (Å²) >= 11 is 0. The Morgan fingerprint density at radius 3 is 0.975 bits per heavy atom. The molecule has 9 heteroatoms. The molecule has 0 aromatic carbocycles. The first-order chi connectivity index (χ1) is 38.5. The van der Waals surface area contributed by atoms with E-state index in [9.17, 15) is 19.4 Å². The molecule has 472 valence electrons. The van der Waals surface area contributed by atoms with Gasteiger partial charge in [-0.25, -0.2) is 4.57 Å². The minimum Gasteiger partial charge on any atom is -0.391 e. The smallest absolute Gasteiger partial charge is 0.391 e. The van der Waals surface area contributed by atoms with Gasteiger partial charge in [-0.3, -0.25) is 13.8 Å². The van der Waals surface area contributed by atoms with E-state index in [2.05, 4.69) is 31.3 Å². The molecule has 0 aliphatic carbocycles. The van der Waals surface area contributed by atoms with E-state index in [-0.39, 0.29) is 19.1 Å². The highest BCUT2D eigenvalue weighted by Gasteiger charge is 2.28. The Hall–Kier alpha value is -0.760. The zero-order valence-corrected chi connectivity index (χ0v) is 55.1.